The van der Waals surface area contributed by atoms with E-state index >= 15 is 0 Å². The monoisotopic (exact) mass is 250 g/mol. The van der Waals surface area contributed by atoms with Gasteiger partial charge in [-0.05, 0) is 13.1 Å². The van der Waals surface area contributed by atoms with Crippen LogP contribution >= 0.6 is 11.2 Å². The topological polar surface area (TPSA) is 9.23 Å². The summed E-state index contributed by atoms with van der Waals surface area (Å²) in [5, 5.41) is 1.28. The van der Waals surface area contributed by atoms with E-state index in [1.165, 1.54) is 23.5 Å². The van der Waals surface area contributed by atoms with Crippen LogP contribution in [0.2, 0.25) is 31.2 Å². The molecule has 0 aromatic heterocycles. The van der Waals surface area contributed by atoms with Gasteiger partial charge in [-0.3, -0.25) is 0 Å². The molecule has 0 aliphatic carbocycles. The summed E-state index contributed by atoms with van der Waals surface area (Å²) < 4.78 is 5.61. The third-order valence-electron chi connectivity index (χ3n) is 3.21. The van der Waals surface area contributed by atoms with E-state index in [2.05, 4.69) is 45.1 Å². The van der Waals surface area contributed by atoms with Crippen molar-refractivity contribution in [1.29, 1.82) is 0 Å². The molecule has 0 aromatic rings. The standard InChI is InChI=1S/C10H26OSSi2/c1-7-14(8-2,9-3)12-10-13(5,6)11-4/h7-10H2,1-6H3. The molecule has 4 heteroatoms. The fourth-order valence-corrected chi connectivity index (χ4v) is 14.4. The highest BCUT2D eigenvalue weighted by Gasteiger charge is 2.31. The maximum absolute atomic E-state index is 5.61. The fraction of sp³-hybridized carbons (Fsp3) is 1.00. The molecule has 0 unspecified atom stereocenters. The molecular weight excluding hydrogens is 224 g/mol. The quantitative estimate of drug-likeness (QED) is 0.629. The van der Waals surface area contributed by atoms with Crippen LogP contribution in [0.3, 0.4) is 0 Å². The van der Waals surface area contributed by atoms with E-state index in [9.17, 15) is 0 Å². The first kappa shape index (κ1) is 14.7. The Morgan fingerprint density at radius 1 is 1.00 bits per heavy atom. The van der Waals surface area contributed by atoms with Gasteiger partial charge in [-0.2, -0.15) is 11.2 Å². The summed E-state index contributed by atoms with van der Waals surface area (Å²) in [5.41, 5.74) is 0. The molecule has 14 heavy (non-hydrogen) atoms. The molecule has 0 saturated carbocycles. The van der Waals surface area contributed by atoms with Gasteiger partial charge in [0.1, 0.15) is 7.22 Å². The van der Waals surface area contributed by atoms with Gasteiger partial charge in [0.05, 0.1) is 0 Å². The van der Waals surface area contributed by atoms with Crippen LogP contribution in [0.4, 0.5) is 0 Å². The van der Waals surface area contributed by atoms with Crippen LogP contribution in [0.1, 0.15) is 20.8 Å². The average molecular weight is 251 g/mol. The zero-order valence-electron chi connectivity index (χ0n) is 10.6. The predicted molar refractivity (Wildman–Crippen MR) is 74.1 cm³/mol. The van der Waals surface area contributed by atoms with Crippen molar-refractivity contribution in [2.45, 2.75) is 52.0 Å². The second-order valence-corrected chi connectivity index (χ2v) is 17.8. The Kier molecular flexibility index (Phi) is 6.69. The summed E-state index contributed by atoms with van der Waals surface area (Å²) in [7, 11) is -0.435. The largest absolute Gasteiger partial charge is 0.420 e. The highest BCUT2D eigenvalue weighted by atomic mass is 32.4. The Hall–Kier alpha value is 0.744. The van der Waals surface area contributed by atoms with Crippen LogP contribution < -0.4 is 0 Å². The van der Waals surface area contributed by atoms with Crippen molar-refractivity contribution in [3.8, 4) is 0 Å². The van der Waals surface area contributed by atoms with E-state index in [-0.39, 0.29) is 0 Å². The summed E-state index contributed by atoms with van der Waals surface area (Å²) in [4.78, 5) is 0. The fourth-order valence-electron chi connectivity index (χ4n) is 1.44. The smallest absolute Gasteiger partial charge is 0.195 e. The van der Waals surface area contributed by atoms with E-state index in [1.807, 2.05) is 7.11 Å². The molecule has 0 aliphatic heterocycles. The first-order valence-corrected chi connectivity index (χ1v) is 13.1. The lowest BCUT2D eigenvalue weighted by molar-refractivity contribution is 0.410. The van der Waals surface area contributed by atoms with Gasteiger partial charge in [-0.1, -0.05) is 38.9 Å². The predicted octanol–water partition coefficient (Wildman–Crippen LogP) is 4.12. The molecule has 86 valence electrons. The van der Waals surface area contributed by atoms with Crippen LogP contribution in [0.15, 0.2) is 0 Å². The minimum Gasteiger partial charge on any atom is -0.420 e. The third-order valence-corrected chi connectivity index (χ3v) is 17.9. The highest BCUT2D eigenvalue weighted by molar-refractivity contribution is 8.29. The molecule has 0 radical (unpaired) electrons. The molecule has 0 aliphatic rings. The van der Waals surface area contributed by atoms with Gasteiger partial charge in [0, 0.05) is 12.5 Å². The summed E-state index contributed by atoms with van der Waals surface area (Å²) in [5.74, 6) is 0. The average Bonchev–Trinajstić information content (AvgIpc) is 2.21. The minimum absolute atomic E-state index is 0.972. The van der Waals surface area contributed by atoms with E-state index < -0.39 is 15.5 Å². The van der Waals surface area contributed by atoms with Crippen molar-refractivity contribution in [1.82, 2.24) is 0 Å². The maximum atomic E-state index is 5.61. The maximum Gasteiger partial charge on any atom is 0.195 e. The molecule has 0 bridgehead atoms. The van der Waals surface area contributed by atoms with Crippen LogP contribution in [0, 0.1) is 0 Å². The zero-order chi connectivity index (χ0) is 11.2. The Labute approximate surface area is 95.8 Å². The Bertz CT molecular complexity index is 150. The van der Waals surface area contributed by atoms with E-state index in [0.29, 0.717) is 0 Å². The molecule has 0 fully saturated rings. The minimum atomic E-state index is -1.34. The van der Waals surface area contributed by atoms with E-state index in [0.717, 1.165) is 0 Å². The van der Waals surface area contributed by atoms with Gasteiger partial charge in [-0.25, -0.2) is 0 Å². The molecule has 1 nitrogen and oxygen atoms in total. The molecule has 0 aromatic carbocycles. The van der Waals surface area contributed by atoms with Crippen LogP contribution in [-0.4, -0.2) is 28.0 Å². The highest BCUT2D eigenvalue weighted by Crippen LogP contribution is 2.34. The van der Waals surface area contributed by atoms with Crippen molar-refractivity contribution < 1.29 is 4.43 Å². The Morgan fingerprint density at radius 2 is 1.43 bits per heavy atom. The normalized spacial score (nSPS) is 13.3. The SMILES string of the molecule is CC[Si](CC)(CC)SC[Si](C)(C)OC. The van der Waals surface area contributed by atoms with Crippen LogP contribution in [0.25, 0.3) is 0 Å². The summed E-state index contributed by atoms with van der Waals surface area (Å²) in [6.45, 7) is 11.7. The molecule has 0 atom stereocenters. The first-order chi connectivity index (χ1) is 6.45. The first-order valence-electron chi connectivity index (χ1n) is 5.64. The molecule has 0 saturated heterocycles. The van der Waals surface area contributed by atoms with Gasteiger partial charge in [0.15, 0.2) is 8.32 Å². The zero-order valence-corrected chi connectivity index (χ0v) is 13.5. The molecule has 0 heterocycles. The van der Waals surface area contributed by atoms with Gasteiger partial charge >= 0.3 is 0 Å². The summed E-state index contributed by atoms with van der Waals surface area (Å²) >= 11 is 2.28. The van der Waals surface area contributed by atoms with Gasteiger partial charge in [0.25, 0.3) is 0 Å². The second-order valence-electron chi connectivity index (χ2n) is 4.50. The lowest BCUT2D eigenvalue weighted by atomic mass is 10.9. The molecule has 0 rings (SSSR count). The van der Waals surface area contributed by atoms with Crippen LogP contribution in [-0.2, 0) is 4.43 Å². The van der Waals surface area contributed by atoms with Gasteiger partial charge < -0.3 is 4.43 Å². The lowest BCUT2D eigenvalue weighted by Crippen LogP contribution is -2.37. The van der Waals surface area contributed by atoms with E-state index in [1.54, 1.807) is 0 Å². The molecular formula is C10H26OSSi2. The molecule has 0 amide bonds. The summed E-state index contributed by atoms with van der Waals surface area (Å²) in [6, 6.07) is 4.25. The van der Waals surface area contributed by atoms with Crippen molar-refractivity contribution in [2.75, 3.05) is 12.5 Å². The third kappa shape index (κ3) is 4.51. The van der Waals surface area contributed by atoms with Crippen LogP contribution in [0.5, 0.6) is 0 Å². The molecule has 0 spiro atoms. The number of hydrogen-bond acceptors (Lipinski definition) is 2. The Morgan fingerprint density at radius 3 is 1.71 bits per heavy atom. The van der Waals surface area contributed by atoms with Gasteiger partial charge in [-0.15, -0.1) is 0 Å². The van der Waals surface area contributed by atoms with Crippen molar-refractivity contribution in [3.63, 3.8) is 0 Å². The van der Waals surface area contributed by atoms with Crippen molar-refractivity contribution in [3.05, 3.63) is 0 Å². The molecule has 0 N–H and O–H groups in total. The van der Waals surface area contributed by atoms with Gasteiger partial charge in [0.2, 0.25) is 0 Å². The Balaban J connectivity index is 4.19. The number of hydrogen-bond donors (Lipinski definition) is 0. The van der Waals surface area contributed by atoms with Crippen molar-refractivity contribution >= 4 is 26.8 Å². The number of rotatable bonds is 7. The lowest BCUT2D eigenvalue weighted by Gasteiger charge is -2.30. The van der Waals surface area contributed by atoms with E-state index in [4.69, 9.17) is 4.43 Å². The second kappa shape index (κ2) is 6.35. The van der Waals surface area contributed by atoms with Crippen molar-refractivity contribution in [2.24, 2.45) is 0 Å². The summed E-state index contributed by atoms with van der Waals surface area (Å²) in [6.07, 6.45) is 0.